The van der Waals surface area contributed by atoms with Crippen molar-refractivity contribution in [3.05, 3.63) is 58.9 Å². The second kappa shape index (κ2) is 9.34. The average Bonchev–Trinajstić information content (AvgIpc) is 2.68. The number of amides is 4. The lowest BCUT2D eigenvalue weighted by Gasteiger charge is -2.41. The molecule has 3 rings (SSSR count). The number of benzene rings is 2. The van der Waals surface area contributed by atoms with E-state index in [1.54, 1.807) is 38.1 Å². The molecule has 1 aliphatic heterocycles. The topological polar surface area (TPSA) is 73.9 Å². The highest BCUT2D eigenvalue weighted by Gasteiger charge is 2.42. The summed E-state index contributed by atoms with van der Waals surface area (Å²) in [5.41, 5.74) is 0.792. The first kappa shape index (κ1) is 22.5. The summed E-state index contributed by atoms with van der Waals surface area (Å²) < 4.78 is 46.2. The Hall–Kier alpha value is -3.14. The van der Waals surface area contributed by atoms with Gasteiger partial charge in [0, 0.05) is 16.8 Å². The van der Waals surface area contributed by atoms with Crippen LogP contribution in [0.2, 0.25) is 5.02 Å². The van der Waals surface area contributed by atoms with Gasteiger partial charge in [-0.3, -0.25) is 10.2 Å². The number of halogens is 4. The molecule has 0 spiro atoms. The molecule has 2 N–H and O–H groups in total. The van der Waals surface area contributed by atoms with E-state index in [9.17, 15) is 22.8 Å². The Balaban J connectivity index is 1.86. The normalized spacial score (nSPS) is 16.7. The van der Waals surface area contributed by atoms with Gasteiger partial charge in [0.2, 0.25) is 0 Å². The van der Waals surface area contributed by atoms with Crippen molar-refractivity contribution in [2.75, 3.05) is 5.32 Å². The first-order chi connectivity index (χ1) is 14.7. The number of hydrogen-bond acceptors (Lipinski definition) is 4. The number of urea groups is 2. The number of alkyl halides is 2. The first-order valence-electron chi connectivity index (χ1n) is 9.31. The van der Waals surface area contributed by atoms with Gasteiger partial charge in [0.25, 0.3) is 0 Å². The smallest absolute Gasteiger partial charge is 0.336 e. The molecule has 1 saturated heterocycles. The molecule has 1 heterocycles. The number of carbonyl (C=O) groups excluding carboxylic acids is 2. The van der Waals surface area contributed by atoms with Gasteiger partial charge < -0.3 is 10.1 Å². The highest BCUT2D eigenvalue weighted by atomic mass is 35.5. The Labute approximate surface area is 181 Å². The minimum Gasteiger partial charge on any atom is -0.488 e. The highest BCUT2D eigenvalue weighted by molar-refractivity contribution is 6.30. The fourth-order valence-electron chi connectivity index (χ4n) is 2.93. The van der Waals surface area contributed by atoms with Crippen LogP contribution >= 0.6 is 11.6 Å². The molecule has 11 heteroatoms. The summed E-state index contributed by atoms with van der Waals surface area (Å²) in [6, 6.07) is 7.92. The molecule has 31 heavy (non-hydrogen) atoms. The minimum absolute atomic E-state index is 0.0335. The molecule has 1 aliphatic rings. The maximum absolute atomic E-state index is 14.3. The Morgan fingerprint density at radius 3 is 2.42 bits per heavy atom. The van der Waals surface area contributed by atoms with Crippen molar-refractivity contribution in [2.45, 2.75) is 39.3 Å². The van der Waals surface area contributed by atoms with E-state index in [1.165, 1.54) is 12.1 Å². The molecule has 1 atom stereocenters. The molecule has 1 unspecified atom stereocenters. The van der Waals surface area contributed by atoms with Crippen LogP contribution in [0, 0.1) is 5.82 Å². The largest absolute Gasteiger partial charge is 0.488 e. The van der Waals surface area contributed by atoms with Crippen LogP contribution in [0.5, 0.6) is 5.75 Å². The van der Waals surface area contributed by atoms with Gasteiger partial charge in [-0.1, -0.05) is 23.7 Å². The van der Waals surface area contributed by atoms with Crippen molar-refractivity contribution in [1.82, 2.24) is 15.1 Å². The first-order valence-corrected chi connectivity index (χ1v) is 9.69. The van der Waals surface area contributed by atoms with Gasteiger partial charge in [0.05, 0.1) is 12.6 Å². The van der Waals surface area contributed by atoms with E-state index >= 15 is 0 Å². The number of anilines is 1. The molecule has 0 bridgehead atoms. The van der Waals surface area contributed by atoms with E-state index in [4.69, 9.17) is 16.3 Å². The Kier molecular flexibility index (Phi) is 6.79. The molecule has 0 aromatic heterocycles. The van der Waals surface area contributed by atoms with Crippen molar-refractivity contribution in [1.29, 1.82) is 0 Å². The predicted molar refractivity (Wildman–Crippen MR) is 108 cm³/mol. The standard InChI is InChI=1S/C20H20ClF3N4O3/c1-11(2)31-16-8-7-14(9-15(16)22)25-18-26-19(29)28(17(23)24)20(30)27(18)10-12-3-5-13(21)6-4-12/h3-9,11,17-18,25H,10H2,1-2H3,(H,26,29). The summed E-state index contributed by atoms with van der Waals surface area (Å²) in [6.45, 7) is 0.0518. The van der Waals surface area contributed by atoms with Crippen LogP contribution in [0.1, 0.15) is 19.4 Å². The van der Waals surface area contributed by atoms with E-state index in [2.05, 4.69) is 10.6 Å². The van der Waals surface area contributed by atoms with Gasteiger partial charge in [-0.15, -0.1) is 0 Å². The van der Waals surface area contributed by atoms with Crippen LogP contribution in [-0.2, 0) is 6.54 Å². The molecule has 7 nitrogen and oxygen atoms in total. The zero-order chi connectivity index (χ0) is 22.7. The van der Waals surface area contributed by atoms with Gasteiger partial charge in [0.15, 0.2) is 17.9 Å². The Morgan fingerprint density at radius 1 is 1.16 bits per heavy atom. The summed E-state index contributed by atoms with van der Waals surface area (Å²) in [6.07, 6.45) is -1.44. The van der Waals surface area contributed by atoms with E-state index < -0.39 is 30.7 Å². The Morgan fingerprint density at radius 2 is 1.84 bits per heavy atom. The fourth-order valence-corrected chi connectivity index (χ4v) is 3.06. The summed E-state index contributed by atoms with van der Waals surface area (Å²) in [5, 5.41) is 5.54. The third kappa shape index (κ3) is 5.32. The monoisotopic (exact) mass is 456 g/mol. The lowest BCUT2D eigenvalue weighted by atomic mass is 10.2. The van der Waals surface area contributed by atoms with Crippen LogP contribution < -0.4 is 15.4 Å². The van der Waals surface area contributed by atoms with Crippen molar-refractivity contribution in [2.24, 2.45) is 0 Å². The maximum atomic E-state index is 14.3. The minimum atomic E-state index is -3.33. The molecular weight excluding hydrogens is 437 g/mol. The summed E-state index contributed by atoms with van der Waals surface area (Å²) in [4.78, 5) is 25.5. The van der Waals surface area contributed by atoms with E-state index in [0.717, 1.165) is 11.0 Å². The lowest BCUT2D eigenvalue weighted by Crippen LogP contribution is -2.67. The van der Waals surface area contributed by atoms with Crippen molar-refractivity contribution >= 4 is 29.4 Å². The molecule has 2 aromatic rings. The average molecular weight is 457 g/mol. The number of ether oxygens (including phenoxy) is 1. The molecule has 2 aromatic carbocycles. The number of rotatable bonds is 7. The van der Waals surface area contributed by atoms with Crippen molar-refractivity contribution in [3.8, 4) is 5.75 Å². The van der Waals surface area contributed by atoms with Crippen LogP contribution in [0.3, 0.4) is 0 Å². The second-order valence-electron chi connectivity index (χ2n) is 6.99. The van der Waals surface area contributed by atoms with Crippen LogP contribution in [-0.4, -0.2) is 40.8 Å². The Bertz CT molecular complexity index is 959. The van der Waals surface area contributed by atoms with Gasteiger partial charge in [0.1, 0.15) is 0 Å². The SMILES string of the molecule is CC(C)Oc1ccc(NC2NC(=O)N(C(F)F)C(=O)N2Cc2ccc(Cl)cc2)cc1F. The molecule has 1 fully saturated rings. The summed E-state index contributed by atoms with van der Waals surface area (Å²) >= 11 is 5.86. The summed E-state index contributed by atoms with van der Waals surface area (Å²) in [5.74, 6) is -0.628. The van der Waals surface area contributed by atoms with Crippen LogP contribution in [0.25, 0.3) is 0 Å². The zero-order valence-corrected chi connectivity index (χ0v) is 17.4. The number of carbonyl (C=O) groups is 2. The molecule has 0 aliphatic carbocycles. The molecule has 0 saturated carbocycles. The van der Waals surface area contributed by atoms with Gasteiger partial charge in [-0.05, 0) is 43.7 Å². The second-order valence-corrected chi connectivity index (χ2v) is 7.43. The fraction of sp³-hybridized carbons (Fsp3) is 0.300. The predicted octanol–water partition coefficient (Wildman–Crippen LogP) is 4.83. The molecular formula is C20H20ClF3N4O3. The molecule has 4 amide bonds. The third-order valence-electron chi connectivity index (χ3n) is 4.30. The quantitative estimate of drug-likeness (QED) is 0.585. The number of hydrogen-bond donors (Lipinski definition) is 2. The molecule has 0 radical (unpaired) electrons. The van der Waals surface area contributed by atoms with E-state index in [-0.39, 0.29) is 29.0 Å². The van der Waals surface area contributed by atoms with E-state index in [0.29, 0.717) is 10.6 Å². The van der Waals surface area contributed by atoms with Gasteiger partial charge >= 0.3 is 18.6 Å². The van der Waals surface area contributed by atoms with Gasteiger partial charge in [-0.2, -0.15) is 13.7 Å². The third-order valence-corrected chi connectivity index (χ3v) is 4.55. The maximum Gasteiger partial charge on any atom is 0.336 e. The van der Waals surface area contributed by atoms with Crippen LogP contribution in [0.15, 0.2) is 42.5 Å². The van der Waals surface area contributed by atoms with Crippen LogP contribution in [0.4, 0.5) is 28.4 Å². The lowest BCUT2D eigenvalue weighted by molar-refractivity contribution is -0.00410. The number of nitrogens with one attached hydrogen (secondary N) is 2. The highest BCUT2D eigenvalue weighted by Crippen LogP contribution is 2.25. The van der Waals surface area contributed by atoms with Crippen molar-refractivity contribution < 1.29 is 27.5 Å². The number of imide groups is 1. The number of nitrogens with zero attached hydrogens (tertiary/aromatic N) is 2. The van der Waals surface area contributed by atoms with E-state index in [1.807, 2.05) is 0 Å². The molecule has 166 valence electrons. The van der Waals surface area contributed by atoms with Gasteiger partial charge in [-0.25, -0.2) is 14.0 Å². The zero-order valence-electron chi connectivity index (χ0n) is 16.6. The van der Waals surface area contributed by atoms with Crippen molar-refractivity contribution in [3.63, 3.8) is 0 Å². The summed E-state index contributed by atoms with van der Waals surface area (Å²) in [7, 11) is 0.